The third-order valence-electron chi connectivity index (χ3n) is 3.57. The van der Waals surface area contributed by atoms with Crippen LogP contribution in [0.3, 0.4) is 0 Å². The number of anilines is 1. The Morgan fingerprint density at radius 1 is 1.18 bits per heavy atom. The lowest BCUT2D eigenvalue weighted by Gasteiger charge is -2.13. The largest absolute Gasteiger partial charge is 0.383 e. The molecule has 2 heterocycles. The van der Waals surface area contributed by atoms with Crippen LogP contribution in [0, 0.1) is 0 Å². The molecule has 22 heavy (non-hydrogen) atoms. The van der Waals surface area contributed by atoms with E-state index in [-0.39, 0.29) is 5.92 Å². The highest BCUT2D eigenvalue weighted by Crippen LogP contribution is 2.30. The Hall–Kier alpha value is -1.79. The van der Waals surface area contributed by atoms with E-state index < -0.39 is 0 Å². The van der Waals surface area contributed by atoms with Gasteiger partial charge in [-0.05, 0) is 24.6 Å². The summed E-state index contributed by atoms with van der Waals surface area (Å²) in [6.45, 7) is 2.04. The summed E-state index contributed by atoms with van der Waals surface area (Å²) in [5, 5.41) is 3.07. The maximum absolute atomic E-state index is 5.94. The van der Waals surface area contributed by atoms with Crippen molar-refractivity contribution in [1.29, 1.82) is 0 Å². The normalized spacial score (nSPS) is 12.5. The summed E-state index contributed by atoms with van der Waals surface area (Å²) in [4.78, 5) is 14.1. The molecular formula is C16H16N4S2. The van der Waals surface area contributed by atoms with Gasteiger partial charge in [-0.1, -0.05) is 24.3 Å². The highest BCUT2D eigenvalue weighted by molar-refractivity contribution is 7.99. The molecule has 6 heteroatoms. The molecule has 0 bridgehead atoms. The molecule has 3 aromatic rings. The van der Waals surface area contributed by atoms with Gasteiger partial charge in [0.25, 0.3) is 0 Å². The molecule has 3 rings (SSSR count). The maximum Gasteiger partial charge on any atom is 0.141 e. The summed E-state index contributed by atoms with van der Waals surface area (Å²) in [6, 6.07) is 10.2. The quantitative estimate of drug-likeness (QED) is 0.435. The molecule has 0 aliphatic heterocycles. The molecule has 0 saturated carbocycles. The van der Waals surface area contributed by atoms with Crippen molar-refractivity contribution >= 4 is 41.0 Å². The molecule has 1 aromatic carbocycles. The van der Waals surface area contributed by atoms with Crippen molar-refractivity contribution in [3.63, 3.8) is 0 Å². The van der Waals surface area contributed by atoms with Crippen molar-refractivity contribution in [2.75, 3.05) is 12.0 Å². The number of rotatable bonds is 3. The van der Waals surface area contributed by atoms with Gasteiger partial charge in [-0.25, -0.2) is 9.97 Å². The third kappa shape index (κ3) is 2.76. The van der Waals surface area contributed by atoms with Crippen LogP contribution in [0.1, 0.15) is 24.4 Å². The molecule has 1 unspecified atom stereocenters. The zero-order valence-electron chi connectivity index (χ0n) is 12.3. The first-order chi connectivity index (χ1) is 10.6. The van der Waals surface area contributed by atoms with Gasteiger partial charge in [0.05, 0.1) is 16.5 Å². The van der Waals surface area contributed by atoms with Gasteiger partial charge in [0.2, 0.25) is 0 Å². The first kappa shape index (κ1) is 15.1. The van der Waals surface area contributed by atoms with Crippen LogP contribution in [0.5, 0.6) is 0 Å². The molecule has 4 nitrogen and oxygen atoms in total. The summed E-state index contributed by atoms with van der Waals surface area (Å²) >= 11 is 5.87. The number of hydrogen-bond acceptors (Lipinski definition) is 6. The lowest BCUT2D eigenvalue weighted by atomic mass is 10.0. The molecule has 0 saturated heterocycles. The zero-order chi connectivity index (χ0) is 15.7. The Labute approximate surface area is 139 Å². The van der Waals surface area contributed by atoms with Crippen molar-refractivity contribution in [3.05, 3.63) is 48.0 Å². The summed E-state index contributed by atoms with van der Waals surface area (Å²) in [5.41, 5.74) is 6.87. The molecule has 112 valence electrons. The molecule has 0 radical (unpaired) electrons. The van der Waals surface area contributed by atoms with Crippen LogP contribution >= 0.6 is 24.4 Å². The molecule has 1 atom stereocenters. The van der Waals surface area contributed by atoms with E-state index >= 15 is 0 Å². The van der Waals surface area contributed by atoms with Gasteiger partial charge in [-0.15, -0.1) is 24.4 Å². The average molecular weight is 328 g/mol. The van der Waals surface area contributed by atoms with E-state index in [1.54, 1.807) is 0 Å². The summed E-state index contributed by atoms with van der Waals surface area (Å²) in [6.07, 6.45) is 3.83. The molecule has 0 fully saturated rings. The fraction of sp³-hybridized carbons (Fsp3) is 0.188. The van der Waals surface area contributed by atoms with Crippen molar-refractivity contribution in [1.82, 2.24) is 15.0 Å². The van der Waals surface area contributed by atoms with Gasteiger partial charge >= 0.3 is 0 Å². The van der Waals surface area contributed by atoms with E-state index in [4.69, 9.17) is 5.73 Å². The van der Waals surface area contributed by atoms with Crippen LogP contribution < -0.4 is 5.73 Å². The SMILES string of the molecule is CSc1nc(C(C)c2cc3ccccc3cn2)nc(N)c1S. The average Bonchev–Trinajstić information content (AvgIpc) is 2.56. The van der Waals surface area contributed by atoms with Crippen molar-refractivity contribution in [2.45, 2.75) is 22.8 Å². The van der Waals surface area contributed by atoms with E-state index in [9.17, 15) is 0 Å². The molecule has 0 amide bonds. The Kier molecular flexibility index (Phi) is 4.22. The molecule has 0 aliphatic rings. The first-order valence-corrected chi connectivity index (χ1v) is 8.52. The van der Waals surface area contributed by atoms with Crippen molar-refractivity contribution in [3.8, 4) is 0 Å². The van der Waals surface area contributed by atoms with Crippen molar-refractivity contribution in [2.24, 2.45) is 0 Å². The smallest absolute Gasteiger partial charge is 0.141 e. The predicted octanol–water partition coefficient (Wildman–Crippen LogP) is 3.77. The van der Waals surface area contributed by atoms with Gasteiger partial charge in [-0.2, -0.15) is 0 Å². The number of thioether (sulfide) groups is 1. The van der Waals surface area contributed by atoms with Gasteiger partial charge in [0.15, 0.2) is 0 Å². The second-order valence-corrected chi connectivity index (χ2v) is 6.25. The minimum absolute atomic E-state index is 0.0354. The van der Waals surface area contributed by atoms with E-state index in [0.29, 0.717) is 16.5 Å². The Morgan fingerprint density at radius 3 is 2.64 bits per heavy atom. The number of pyridine rings is 1. The number of nitrogen functional groups attached to an aromatic ring is 1. The van der Waals surface area contributed by atoms with E-state index in [2.05, 4.69) is 39.7 Å². The predicted molar refractivity (Wildman–Crippen MR) is 94.7 cm³/mol. The van der Waals surface area contributed by atoms with Crippen LogP contribution in [0.25, 0.3) is 10.8 Å². The first-order valence-electron chi connectivity index (χ1n) is 6.85. The summed E-state index contributed by atoms with van der Waals surface area (Å²) in [7, 11) is 0. The van der Waals surface area contributed by atoms with Crippen LogP contribution in [-0.2, 0) is 0 Å². The monoisotopic (exact) mass is 328 g/mol. The van der Waals surface area contributed by atoms with Crippen LogP contribution in [0.4, 0.5) is 5.82 Å². The highest BCUT2D eigenvalue weighted by Gasteiger charge is 2.17. The number of nitrogens with two attached hydrogens (primary N) is 1. The number of nitrogens with zero attached hydrogens (tertiary/aromatic N) is 3. The summed E-state index contributed by atoms with van der Waals surface area (Å²) < 4.78 is 0. The Balaban J connectivity index is 2.05. The lowest BCUT2D eigenvalue weighted by molar-refractivity contribution is 0.756. The maximum atomic E-state index is 5.94. The zero-order valence-corrected chi connectivity index (χ0v) is 14.0. The number of benzene rings is 1. The number of hydrogen-bond donors (Lipinski definition) is 2. The molecule has 2 N–H and O–H groups in total. The fourth-order valence-electron chi connectivity index (χ4n) is 2.27. The van der Waals surface area contributed by atoms with E-state index in [0.717, 1.165) is 21.5 Å². The third-order valence-corrected chi connectivity index (χ3v) is 4.85. The van der Waals surface area contributed by atoms with Crippen LogP contribution in [-0.4, -0.2) is 21.2 Å². The standard InChI is InChI=1S/C16H16N4S2/c1-9(15-19-14(17)13(21)16(20-15)22-2)12-7-10-5-3-4-6-11(10)8-18-12/h3-9,21H,1-2H3,(H2,17,19,20). The van der Waals surface area contributed by atoms with Crippen LogP contribution in [0.2, 0.25) is 0 Å². The number of thiol groups is 1. The lowest BCUT2D eigenvalue weighted by Crippen LogP contribution is -2.08. The second kappa shape index (κ2) is 6.14. The summed E-state index contributed by atoms with van der Waals surface area (Å²) in [5.74, 6) is 1.04. The van der Waals surface area contributed by atoms with Gasteiger partial charge in [0.1, 0.15) is 16.7 Å². The molecule has 2 aromatic heterocycles. The van der Waals surface area contributed by atoms with E-state index in [1.165, 1.54) is 11.8 Å². The molecular weight excluding hydrogens is 312 g/mol. The Bertz CT molecular complexity index is 835. The molecule has 0 spiro atoms. The highest BCUT2D eigenvalue weighted by atomic mass is 32.2. The number of fused-ring (bicyclic) bond motifs is 1. The van der Waals surface area contributed by atoms with Gasteiger partial charge in [-0.3, -0.25) is 4.98 Å². The van der Waals surface area contributed by atoms with Gasteiger partial charge in [0, 0.05) is 11.6 Å². The fourth-order valence-corrected chi connectivity index (χ4v) is 3.13. The van der Waals surface area contributed by atoms with E-state index in [1.807, 2.05) is 37.6 Å². The number of aromatic nitrogens is 3. The van der Waals surface area contributed by atoms with Crippen molar-refractivity contribution < 1.29 is 0 Å². The molecule has 0 aliphatic carbocycles. The topological polar surface area (TPSA) is 64.7 Å². The Morgan fingerprint density at radius 2 is 1.91 bits per heavy atom. The van der Waals surface area contributed by atoms with Gasteiger partial charge < -0.3 is 5.73 Å². The minimum atomic E-state index is -0.0354. The second-order valence-electron chi connectivity index (χ2n) is 5.00. The van der Waals surface area contributed by atoms with Crippen LogP contribution in [0.15, 0.2) is 46.5 Å². The minimum Gasteiger partial charge on any atom is -0.383 e.